The molecule has 3 aromatic carbocycles. The van der Waals surface area contributed by atoms with Gasteiger partial charge in [0.05, 0.1) is 23.7 Å². The van der Waals surface area contributed by atoms with E-state index in [0.717, 1.165) is 12.0 Å². The minimum Gasteiger partial charge on any atom is -0.508 e. The van der Waals surface area contributed by atoms with E-state index < -0.39 is 17.7 Å². The van der Waals surface area contributed by atoms with Gasteiger partial charge >= 0.3 is 0 Å². The molecule has 1 atom stereocenters. The lowest BCUT2D eigenvalue weighted by Gasteiger charge is -2.26. The third-order valence-corrected chi connectivity index (χ3v) is 5.97. The number of aryl methyl sites for hydroxylation is 1. The Labute approximate surface area is 196 Å². The number of aliphatic hydroxyl groups is 1. The molecule has 7 heteroatoms. The van der Waals surface area contributed by atoms with E-state index in [1.54, 1.807) is 36.4 Å². The Morgan fingerprint density at radius 2 is 1.79 bits per heavy atom. The summed E-state index contributed by atoms with van der Waals surface area (Å²) in [6.07, 6.45) is 0.826. The Bertz CT molecular complexity index is 1270. The summed E-state index contributed by atoms with van der Waals surface area (Å²) in [5, 5.41) is 21.5. The van der Waals surface area contributed by atoms with Crippen LogP contribution in [-0.4, -0.2) is 29.0 Å². The van der Waals surface area contributed by atoms with Crippen molar-refractivity contribution in [2.24, 2.45) is 0 Å². The summed E-state index contributed by atoms with van der Waals surface area (Å²) < 4.78 is 5.19. The van der Waals surface area contributed by atoms with Gasteiger partial charge in [0, 0.05) is 11.3 Å². The van der Waals surface area contributed by atoms with Gasteiger partial charge in [-0.25, -0.2) is 0 Å². The average Bonchev–Trinajstić information content (AvgIpc) is 3.09. The monoisotopic (exact) mass is 463 g/mol. The van der Waals surface area contributed by atoms with Crippen LogP contribution in [-0.2, 0) is 16.0 Å². The molecule has 0 aromatic heterocycles. The standard InChI is InChI=1S/C26H22ClNO5/c1-3-15-7-9-16(10-8-15)24(30)22-23(17-5-4-6-19(29)13-17)28(26(32)25(22)31)18-11-12-21(33-2)20(27)14-18/h4-14,23,29-30H,3H2,1-2H3/b24-22+. The van der Waals surface area contributed by atoms with E-state index in [9.17, 15) is 19.8 Å². The van der Waals surface area contributed by atoms with Crippen LogP contribution in [0.1, 0.15) is 29.7 Å². The highest BCUT2D eigenvalue weighted by Gasteiger charge is 2.47. The Hall–Kier alpha value is -3.77. The zero-order valence-electron chi connectivity index (χ0n) is 18.1. The number of ketones is 1. The number of Topliss-reactive ketones (excluding diaryl/α,β-unsaturated/α-hetero) is 1. The predicted octanol–water partition coefficient (Wildman–Crippen LogP) is 5.24. The van der Waals surface area contributed by atoms with Gasteiger partial charge in [0.25, 0.3) is 11.7 Å². The van der Waals surface area contributed by atoms with Crippen LogP contribution in [0, 0.1) is 0 Å². The van der Waals surface area contributed by atoms with Crippen LogP contribution in [0.25, 0.3) is 5.76 Å². The SMILES string of the molecule is CCc1ccc(/C(O)=C2\C(=O)C(=O)N(c3ccc(OC)c(Cl)c3)C2c2cccc(O)c2)cc1. The molecule has 0 saturated carbocycles. The second kappa shape index (κ2) is 9.00. The Morgan fingerprint density at radius 3 is 2.39 bits per heavy atom. The van der Waals surface area contributed by atoms with Crippen LogP contribution in [0.2, 0.25) is 5.02 Å². The molecule has 1 heterocycles. The number of aliphatic hydroxyl groups excluding tert-OH is 1. The van der Waals surface area contributed by atoms with Crippen molar-refractivity contribution in [1.29, 1.82) is 0 Å². The maximum absolute atomic E-state index is 13.2. The molecule has 4 rings (SSSR count). The fourth-order valence-corrected chi connectivity index (χ4v) is 4.22. The fraction of sp³-hybridized carbons (Fsp3) is 0.154. The van der Waals surface area contributed by atoms with Gasteiger partial charge in [-0.1, -0.05) is 54.9 Å². The lowest BCUT2D eigenvalue weighted by molar-refractivity contribution is -0.132. The van der Waals surface area contributed by atoms with Gasteiger partial charge in [-0.3, -0.25) is 14.5 Å². The normalized spacial score (nSPS) is 17.4. The van der Waals surface area contributed by atoms with E-state index in [1.165, 1.54) is 30.2 Å². The van der Waals surface area contributed by atoms with E-state index in [2.05, 4.69) is 0 Å². The highest BCUT2D eigenvalue weighted by molar-refractivity contribution is 6.51. The second-order valence-electron chi connectivity index (χ2n) is 7.63. The number of amides is 1. The molecule has 1 aliphatic heterocycles. The Morgan fingerprint density at radius 1 is 1.06 bits per heavy atom. The zero-order valence-corrected chi connectivity index (χ0v) is 18.8. The van der Waals surface area contributed by atoms with Crippen molar-refractivity contribution in [3.8, 4) is 11.5 Å². The zero-order chi connectivity index (χ0) is 23.7. The number of phenols is 1. The van der Waals surface area contributed by atoms with E-state index >= 15 is 0 Å². The number of carbonyl (C=O) groups excluding carboxylic acids is 2. The van der Waals surface area contributed by atoms with Crippen LogP contribution < -0.4 is 9.64 Å². The molecule has 0 bridgehead atoms. The topological polar surface area (TPSA) is 87.1 Å². The van der Waals surface area contributed by atoms with Crippen LogP contribution in [0.4, 0.5) is 5.69 Å². The van der Waals surface area contributed by atoms with E-state index in [4.69, 9.17) is 16.3 Å². The van der Waals surface area contributed by atoms with E-state index in [1.807, 2.05) is 19.1 Å². The number of aromatic hydroxyl groups is 1. The number of methoxy groups -OCH3 is 1. The lowest BCUT2D eigenvalue weighted by atomic mass is 9.94. The highest BCUT2D eigenvalue weighted by atomic mass is 35.5. The molecule has 1 saturated heterocycles. The quantitative estimate of drug-likeness (QED) is 0.307. The van der Waals surface area contributed by atoms with Crippen LogP contribution in [0.5, 0.6) is 11.5 Å². The summed E-state index contributed by atoms with van der Waals surface area (Å²) >= 11 is 6.29. The molecule has 33 heavy (non-hydrogen) atoms. The van der Waals surface area contributed by atoms with Crippen molar-refractivity contribution in [2.45, 2.75) is 19.4 Å². The highest BCUT2D eigenvalue weighted by Crippen LogP contribution is 2.44. The second-order valence-corrected chi connectivity index (χ2v) is 8.04. The largest absolute Gasteiger partial charge is 0.508 e. The predicted molar refractivity (Wildman–Crippen MR) is 127 cm³/mol. The van der Waals surface area contributed by atoms with Crippen molar-refractivity contribution in [3.63, 3.8) is 0 Å². The van der Waals surface area contributed by atoms with Crippen molar-refractivity contribution in [2.75, 3.05) is 12.0 Å². The van der Waals surface area contributed by atoms with Crippen molar-refractivity contribution in [1.82, 2.24) is 0 Å². The summed E-state index contributed by atoms with van der Waals surface area (Å²) in [4.78, 5) is 27.6. The van der Waals surface area contributed by atoms with Crippen molar-refractivity contribution < 1.29 is 24.5 Å². The van der Waals surface area contributed by atoms with Gasteiger partial charge in [0.2, 0.25) is 0 Å². The number of benzene rings is 3. The molecule has 3 aromatic rings. The number of nitrogens with zero attached hydrogens (tertiary/aromatic N) is 1. The van der Waals surface area contributed by atoms with Crippen molar-refractivity contribution >= 4 is 34.7 Å². The minimum atomic E-state index is -0.965. The molecule has 168 valence electrons. The van der Waals surface area contributed by atoms with Gasteiger partial charge in [0.15, 0.2) is 0 Å². The molecule has 1 unspecified atom stereocenters. The summed E-state index contributed by atoms with van der Waals surface area (Å²) in [6.45, 7) is 2.02. The molecule has 0 aliphatic carbocycles. The maximum Gasteiger partial charge on any atom is 0.300 e. The number of ether oxygens (including phenoxy) is 1. The molecular weight excluding hydrogens is 442 g/mol. The molecule has 1 amide bonds. The molecule has 1 aliphatic rings. The minimum absolute atomic E-state index is 0.0295. The Balaban J connectivity index is 1.93. The summed E-state index contributed by atoms with van der Waals surface area (Å²) in [6, 6.07) is 17.2. The van der Waals surface area contributed by atoms with E-state index in [-0.39, 0.29) is 22.1 Å². The number of hydrogen-bond acceptors (Lipinski definition) is 5. The van der Waals surface area contributed by atoms with Crippen molar-refractivity contribution in [3.05, 3.63) is 94.0 Å². The van der Waals surface area contributed by atoms with Crippen LogP contribution in [0.15, 0.2) is 72.3 Å². The molecular formula is C26H22ClNO5. The number of phenolic OH excluding ortho intramolecular Hbond substituents is 1. The number of halogens is 1. The van der Waals surface area contributed by atoms with Gasteiger partial charge < -0.3 is 14.9 Å². The summed E-state index contributed by atoms with van der Waals surface area (Å²) in [5.74, 6) is -1.53. The fourth-order valence-electron chi connectivity index (χ4n) is 3.97. The van der Waals surface area contributed by atoms with E-state index in [0.29, 0.717) is 22.6 Å². The number of rotatable bonds is 5. The smallest absolute Gasteiger partial charge is 0.300 e. The molecule has 0 radical (unpaired) electrons. The summed E-state index contributed by atoms with van der Waals surface area (Å²) in [5.41, 5.74) is 2.25. The van der Waals surface area contributed by atoms with Gasteiger partial charge in [-0.05, 0) is 47.9 Å². The van der Waals surface area contributed by atoms with Crippen LogP contribution in [0.3, 0.4) is 0 Å². The molecule has 0 spiro atoms. The molecule has 6 nitrogen and oxygen atoms in total. The Kier molecular flexibility index (Phi) is 6.11. The third-order valence-electron chi connectivity index (χ3n) is 5.68. The third kappa shape index (κ3) is 4.05. The lowest BCUT2D eigenvalue weighted by Crippen LogP contribution is -2.29. The summed E-state index contributed by atoms with van der Waals surface area (Å²) in [7, 11) is 1.48. The number of carbonyl (C=O) groups is 2. The first-order chi connectivity index (χ1) is 15.8. The maximum atomic E-state index is 13.2. The first-order valence-corrected chi connectivity index (χ1v) is 10.8. The number of hydrogen-bond donors (Lipinski definition) is 2. The number of anilines is 1. The molecule has 2 N–H and O–H groups in total. The average molecular weight is 464 g/mol. The van der Waals surface area contributed by atoms with Gasteiger partial charge in [-0.15, -0.1) is 0 Å². The molecule has 1 fully saturated rings. The van der Waals surface area contributed by atoms with Gasteiger partial charge in [0.1, 0.15) is 17.3 Å². The van der Waals surface area contributed by atoms with Gasteiger partial charge in [-0.2, -0.15) is 0 Å². The van der Waals surface area contributed by atoms with Crippen LogP contribution >= 0.6 is 11.6 Å². The first kappa shape index (κ1) is 22.4. The first-order valence-electron chi connectivity index (χ1n) is 10.4.